The van der Waals surface area contributed by atoms with Crippen LogP contribution in [0.25, 0.3) is 87.9 Å². The molecule has 0 radical (unpaired) electrons. The molecule has 10 aromatic rings. The predicted molar refractivity (Wildman–Crippen MR) is 193 cm³/mol. The van der Waals surface area contributed by atoms with Gasteiger partial charge < -0.3 is 4.57 Å². The third-order valence-electron chi connectivity index (χ3n) is 9.47. The molecule has 7 aromatic carbocycles. The number of benzene rings is 7. The Balaban J connectivity index is 1.47. The monoisotopic (exact) mass is 585 g/mol. The van der Waals surface area contributed by atoms with Crippen molar-refractivity contribution in [2.24, 2.45) is 0 Å². The van der Waals surface area contributed by atoms with Gasteiger partial charge in [0, 0.05) is 38.2 Å². The van der Waals surface area contributed by atoms with Gasteiger partial charge in [0.2, 0.25) is 0 Å². The van der Waals surface area contributed by atoms with Crippen molar-refractivity contribution in [3.05, 3.63) is 164 Å². The largest absolute Gasteiger partial charge is 0.307 e. The summed E-state index contributed by atoms with van der Waals surface area (Å²) in [6.07, 6.45) is 0. The van der Waals surface area contributed by atoms with Gasteiger partial charge in [-0.25, -0.2) is 4.98 Å². The van der Waals surface area contributed by atoms with Gasteiger partial charge in [-0.3, -0.25) is 4.57 Å². The van der Waals surface area contributed by atoms with E-state index in [-0.39, 0.29) is 0 Å². The van der Waals surface area contributed by atoms with Crippen molar-refractivity contribution in [2.45, 2.75) is 0 Å². The highest BCUT2D eigenvalue weighted by Gasteiger charge is 2.23. The fourth-order valence-corrected chi connectivity index (χ4v) is 7.52. The second-order valence-corrected chi connectivity index (χ2v) is 12.0. The molecule has 46 heavy (non-hydrogen) atoms. The lowest BCUT2D eigenvalue weighted by atomic mass is 10.0. The second-order valence-electron chi connectivity index (χ2n) is 12.0. The summed E-state index contributed by atoms with van der Waals surface area (Å²) in [6, 6.07) is 58.8. The lowest BCUT2D eigenvalue weighted by Gasteiger charge is -2.14. The quantitative estimate of drug-likeness (QED) is 0.202. The van der Waals surface area contributed by atoms with Gasteiger partial charge in [0.25, 0.3) is 0 Å². The standard InChI is InChI=1S/C43H27N3/c1-3-14-29(15-4-1)41-33-20-10-8-16-30(33)27-39(44-41)46-38-26-23-28-13-7-9-19-32(28)40(38)36-25-24-35-34-21-11-12-22-37(34)45(42(35)43(36)46)31-17-5-2-6-18-31/h1-27H. The molecule has 0 amide bonds. The summed E-state index contributed by atoms with van der Waals surface area (Å²) in [6.45, 7) is 0. The highest BCUT2D eigenvalue weighted by molar-refractivity contribution is 6.28. The van der Waals surface area contributed by atoms with Crippen molar-refractivity contribution < 1.29 is 0 Å². The number of pyridine rings is 1. The fraction of sp³-hybridized carbons (Fsp3) is 0. The molecule has 214 valence electrons. The summed E-state index contributed by atoms with van der Waals surface area (Å²) in [4.78, 5) is 5.51. The Morgan fingerprint density at radius 1 is 0.391 bits per heavy atom. The number of hydrogen-bond acceptors (Lipinski definition) is 1. The van der Waals surface area contributed by atoms with Gasteiger partial charge in [-0.1, -0.05) is 133 Å². The Labute approximate surface area is 265 Å². The van der Waals surface area contributed by atoms with Gasteiger partial charge in [-0.2, -0.15) is 0 Å². The van der Waals surface area contributed by atoms with E-state index >= 15 is 0 Å². The highest BCUT2D eigenvalue weighted by atomic mass is 15.1. The molecule has 3 heteroatoms. The zero-order chi connectivity index (χ0) is 30.2. The minimum atomic E-state index is 0.908. The molecule has 3 aromatic heterocycles. The first-order valence-corrected chi connectivity index (χ1v) is 15.7. The number of para-hydroxylation sites is 2. The smallest absolute Gasteiger partial charge is 0.139 e. The first-order valence-electron chi connectivity index (χ1n) is 15.7. The first-order chi connectivity index (χ1) is 22.8. The Morgan fingerprint density at radius 2 is 1.02 bits per heavy atom. The molecule has 3 nitrogen and oxygen atoms in total. The zero-order valence-corrected chi connectivity index (χ0v) is 24.9. The Kier molecular flexibility index (Phi) is 5.28. The summed E-state index contributed by atoms with van der Waals surface area (Å²) >= 11 is 0. The molecule has 0 bridgehead atoms. The van der Waals surface area contributed by atoms with Crippen LogP contribution in [0.1, 0.15) is 0 Å². The van der Waals surface area contributed by atoms with Crippen molar-refractivity contribution in [1.29, 1.82) is 0 Å². The Bertz CT molecular complexity index is 2790. The maximum absolute atomic E-state index is 5.51. The average Bonchev–Trinajstić information content (AvgIpc) is 3.65. The second kappa shape index (κ2) is 9.65. The summed E-state index contributed by atoms with van der Waals surface area (Å²) in [5, 5.41) is 9.71. The molecule has 0 saturated heterocycles. The lowest BCUT2D eigenvalue weighted by Crippen LogP contribution is -2.02. The van der Waals surface area contributed by atoms with Crippen LogP contribution in [0.4, 0.5) is 0 Å². The van der Waals surface area contributed by atoms with E-state index in [2.05, 4.69) is 173 Å². The van der Waals surface area contributed by atoms with Crippen molar-refractivity contribution in [2.75, 3.05) is 0 Å². The number of rotatable bonds is 3. The molecule has 0 aliphatic rings. The molecule has 0 fully saturated rings. The third-order valence-corrected chi connectivity index (χ3v) is 9.47. The van der Waals surface area contributed by atoms with Gasteiger partial charge in [0.1, 0.15) is 5.82 Å². The number of nitrogens with zero attached hydrogens (tertiary/aromatic N) is 3. The minimum absolute atomic E-state index is 0.908. The Morgan fingerprint density at radius 3 is 1.85 bits per heavy atom. The molecule has 0 aliphatic heterocycles. The summed E-state index contributed by atoms with van der Waals surface area (Å²) in [5.41, 5.74) is 7.91. The van der Waals surface area contributed by atoms with Gasteiger partial charge in [-0.15, -0.1) is 0 Å². The third kappa shape index (κ3) is 3.51. The van der Waals surface area contributed by atoms with Crippen LogP contribution in [-0.4, -0.2) is 14.1 Å². The molecule has 10 rings (SSSR count). The molecule has 0 atom stereocenters. The van der Waals surface area contributed by atoms with E-state index < -0.39 is 0 Å². The molecule has 0 spiro atoms. The minimum Gasteiger partial charge on any atom is -0.307 e. The van der Waals surface area contributed by atoms with E-state index in [0.717, 1.165) is 44.6 Å². The maximum Gasteiger partial charge on any atom is 0.139 e. The van der Waals surface area contributed by atoms with E-state index in [1.54, 1.807) is 0 Å². The van der Waals surface area contributed by atoms with Crippen LogP contribution in [0.5, 0.6) is 0 Å². The topological polar surface area (TPSA) is 22.8 Å². The highest BCUT2D eigenvalue weighted by Crippen LogP contribution is 2.44. The lowest BCUT2D eigenvalue weighted by molar-refractivity contribution is 1.09. The molecule has 0 N–H and O–H groups in total. The van der Waals surface area contributed by atoms with Crippen LogP contribution in [0.15, 0.2) is 164 Å². The molecular formula is C43H27N3. The number of aromatic nitrogens is 3. The molecule has 3 heterocycles. The first kappa shape index (κ1) is 25.2. The van der Waals surface area contributed by atoms with Crippen LogP contribution in [0.2, 0.25) is 0 Å². The van der Waals surface area contributed by atoms with E-state index in [0.29, 0.717) is 0 Å². The molecule has 0 saturated carbocycles. The Hall–Kier alpha value is -6.19. The van der Waals surface area contributed by atoms with Crippen molar-refractivity contribution in [3.63, 3.8) is 0 Å². The summed E-state index contributed by atoms with van der Waals surface area (Å²) in [7, 11) is 0. The number of hydrogen-bond donors (Lipinski definition) is 0. The molecular weight excluding hydrogens is 558 g/mol. The van der Waals surface area contributed by atoms with Gasteiger partial charge in [0.15, 0.2) is 0 Å². The van der Waals surface area contributed by atoms with Gasteiger partial charge in [-0.05, 0) is 46.5 Å². The van der Waals surface area contributed by atoms with Crippen LogP contribution in [0, 0.1) is 0 Å². The van der Waals surface area contributed by atoms with E-state index in [4.69, 9.17) is 4.98 Å². The van der Waals surface area contributed by atoms with Gasteiger partial charge in [0.05, 0.1) is 27.8 Å². The summed E-state index contributed by atoms with van der Waals surface area (Å²) < 4.78 is 4.85. The zero-order valence-electron chi connectivity index (χ0n) is 24.9. The van der Waals surface area contributed by atoms with Crippen LogP contribution in [0.3, 0.4) is 0 Å². The maximum atomic E-state index is 5.51. The van der Waals surface area contributed by atoms with E-state index in [9.17, 15) is 0 Å². The summed E-state index contributed by atoms with van der Waals surface area (Å²) in [5.74, 6) is 0.908. The van der Waals surface area contributed by atoms with Crippen molar-refractivity contribution in [3.8, 4) is 22.8 Å². The van der Waals surface area contributed by atoms with Crippen LogP contribution in [-0.2, 0) is 0 Å². The fourth-order valence-electron chi connectivity index (χ4n) is 7.52. The normalized spacial score (nSPS) is 11.9. The predicted octanol–water partition coefficient (Wildman–Crippen LogP) is 11.2. The van der Waals surface area contributed by atoms with Crippen LogP contribution >= 0.6 is 0 Å². The molecule has 0 unspecified atom stereocenters. The SMILES string of the molecule is c1ccc(-c2nc(-n3c4ccc5ccccc5c4c4ccc5c6ccccc6n(-c6ccccc6)c5c43)cc3ccccc23)cc1. The van der Waals surface area contributed by atoms with Crippen molar-refractivity contribution >= 4 is 65.2 Å². The van der Waals surface area contributed by atoms with Crippen LogP contribution < -0.4 is 0 Å². The average molecular weight is 586 g/mol. The molecule has 0 aliphatic carbocycles. The van der Waals surface area contributed by atoms with Crippen molar-refractivity contribution in [1.82, 2.24) is 14.1 Å². The number of fused-ring (bicyclic) bond motifs is 10. The van der Waals surface area contributed by atoms with E-state index in [1.165, 1.54) is 43.4 Å². The van der Waals surface area contributed by atoms with Gasteiger partial charge >= 0.3 is 0 Å². The van der Waals surface area contributed by atoms with E-state index in [1.807, 2.05) is 0 Å².